The molecule has 5 nitrogen and oxygen atoms in total. The summed E-state index contributed by atoms with van der Waals surface area (Å²) in [6.07, 6.45) is 1.40. The van der Waals surface area contributed by atoms with Gasteiger partial charge in [-0.2, -0.15) is 5.10 Å². The highest BCUT2D eigenvalue weighted by Gasteiger charge is 2.19. The van der Waals surface area contributed by atoms with Crippen LogP contribution in [0.15, 0.2) is 48.7 Å². The van der Waals surface area contributed by atoms with Crippen molar-refractivity contribution >= 4 is 49.9 Å². The van der Waals surface area contributed by atoms with Crippen LogP contribution in [0.25, 0.3) is 22.3 Å². The Bertz CT molecular complexity index is 959. The first-order valence-electron chi connectivity index (χ1n) is 7.80. The standard InChI is InChI=1S/C18H18BrN3O2S/c1-10(21-22-18(20)25)3-6-16-17(15-7-4-11(2)23-15)13-9-12(19)5-8-14(13)24-16/h4-5,7-9H,3,6H2,1-2H3,(H3,20,22,25)/b21-10-. The molecule has 3 N–H and O–H groups in total. The van der Waals surface area contributed by atoms with Gasteiger partial charge in [-0.1, -0.05) is 15.9 Å². The second kappa shape index (κ2) is 7.41. The topological polar surface area (TPSA) is 76.7 Å². The number of hydrogen-bond donors (Lipinski definition) is 2. The molecule has 3 rings (SSSR count). The molecule has 1 aromatic carbocycles. The minimum Gasteiger partial charge on any atom is -0.461 e. The summed E-state index contributed by atoms with van der Waals surface area (Å²) in [5, 5.41) is 5.32. The van der Waals surface area contributed by atoms with E-state index in [1.807, 2.05) is 44.2 Å². The molecule has 25 heavy (non-hydrogen) atoms. The van der Waals surface area contributed by atoms with Gasteiger partial charge in [-0.05, 0) is 62.8 Å². The maximum absolute atomic E-state index is 6.09. The van der Waals surface area contributed by atoms with Crippen LogP contribution in [0.4, 0.5) is 0 Å². The molecular weight excluding hydrogens is 402 g/mol. The van der Waals surface area contributed by atoms with Gasteiger partial charge >= 0.3 is 0 Å². The first-order valence-corrected chi connectivity index (χ1v) is 9.00. The summed E-state index contributed by atoms with van der Waals surface area (Å²) in [5.74, 6) is 2.54. The number of thiocarbonyl (C=S) groups is 1. The van der Waals surface area contributed by atoms with E-state index >= 15 is 0 Å². The third kappa shape index (κ3) is 4.11. The second-order valence-corrected chi connectivity index (χ2v) is 7.13. The zero-order valence-corrected chi connectivity index (χ0v) is 16.3. The lowest BCUT2D eigenvalue weighted by atomic mass is 10.0. The second-order valence-electron chi connectivity index (χ2n) is 5.77. The number of fused-ring (bicyclic) bond motifs is 1. The molecule has 0 spiro atoms. The lowest BCUT2D eigenvalue weighted by molar-refractivity contribution is 0.532. The molecule has 0 aliphatic heterocycles. The fourth-order valence-corrected chi connectivity index (χ4v) is 3.04. The average Bonchev–Trinajstić information content (AvgIpc) is 3.13. The van der Waals surface area contributed by atoms with Gasteiger partial charge in [0, 0.05) is 22.0 Å². The normalized spacial score (nSPS) is 11.9. The van der Waals surface area contributed by atoms with E-state index in [0.717, 1.165) is 44.0 Å². The number of benzene rings is 1. The van der Waals surface area contributed by atoms with Gasteiger partial charge in [0.05, 0.1) is 5.56 Å². The predicted octanol–water partition coefficient (Wildman–Crippen LogP) is 4.91. The SMILES string of the molecule is C/C(CCc1oc2ccc(Br)cc2c1-c1ccc(C)o1)=N/NC(N)=S. The molecule has 130 valence electrons. The van der Waals surface area contributed by atoms with Gasteiger partial charge < -0.3 is 14.6 Å². The molecule has 3 aromatic rings. The van der Waals surface area contributed by atoms with Crippen molar-refractivity contribution in [3.05, 3.63) is 46.3 Å². The number of nitrogens with one attached hydrogen (secondary N) is 1. The van der Waals surface area contributed by atoms with E-state index in [4.69, 9.17) is 26.8 Å². The predicted molar refractivity (Wildman–Crippen MR) is 108 cm³/mol. The van der Waals surface area contributed by atoms with Crippen molar-refractivity contribution in [2.75, 3.05) is 0 Å². The van der Waals surface area contributed by atoms with Gasteiger partial charge in [-0.25, -0.2) is 0 Å². The number of nitrogens with zero attached hydrogens (tertiary/aromatic N) is 1. The van der Waals surface area contributed by atoms with Crippen molar-refractivity contribution in [3.8, 4) is 11.3 Å². The number of hydrogen-bond acceptors (Lipinski definition) is 4. The van der Waals surface area contributed by atoms with Crippen LogP contribution >= 0.6 is 28.1 Å². The molecule has 0 fully saturated rings. The Morgan fingerprint density at radius 3 is 2.76 bits per heavy atom. The molecule has 2 heterocycles. The largest absolute Gasteiger partial charge is 0.461 e. The number of nitrogens with two attached hydrogens (primary N) is 1. The molecule has 0 amide bonds. The molecule has 2 aromatic heterocycles. The zero-order valence-electron chi connectivity index (χ0n) is 13.9. The summed E-state index contributed by atoms with van der Waals surface area (Å²) >= 11 is 8.28. The van der Waals surface area contributed by atoms with Crippen molar-refractivity contribution in [3.63, 3.8) is 0 Å². The zero-order chi connectivity index (χ0) is 18.0. The Hall–Kier alpha value is -2.12. The Morgan fingerprint density at radius 2 is 2.08 bits per heavy atom. The molecule has 0 aliphatic carbocycles. The molecule has 0 atom stereocenters. The molecule has 0 aliphatic rings. The van der Waals surface area contributed by atoms with Crippen LogP contribution in [0.1, 0.15) is 24.9 Å². The third-order valence-electron chi connectivity index (χ3n) is 3.78. The monoisotopic (exact) mass is 419 g/mol. The van der Waals surface area contributed by atoms with Crippen LogP contribution in [0, 0.1) is 6.92 Å². The number of furan rings is 2. The van der Waals surface area contributed by atoms with Crippen LogP contribution in [0.3, 0.4) is 0 Å². The van der Waals surface area contributed by atoms with Gasteiger partial charge in [-0.15, -0.1) is 0 Å². The van der Waals surface area contributed by atoms with Crippen LogP contribution in [0.2, 0.25) is 0 Å². The summed E-state index contributed by atoms with van der Waals surface area (Å²) < 4.78 is 12.9. The minimum absolute atomic E-state index is 0.152. The lowest BCUT2D eigenvalue weighted by Gasteiger charge is -2.02. The Morgan fingerprint density at radius 1 is 1.28 bits per heavy atom. The first-order chi connectivity index (χ1) is 11.9. The van der Waals surface area contributed by atoms with E-state index in [1.165, 1.54) is 0 Å². The van der Waals surface area contributed by atoms with Gasteiger partial charge in [0.1, 0.15) is 22.9 Å². The van der Waals surface area contributed by atoms with Gasteiger partial charge in [0.25, 0.3) is 0 Å². The molecule has 7 heteroatoms. The lowest BCUT2D eigenvalue weighted by Crippen LogP contribution is -2.25. The highest BCUT2D eigenvalue weighted by atomic mass is 79.9. The summed E-state index contributed by atoms with van der Waals surface area (Å²) in [4.78, 5) is 0. The van der Waals surface area contributed by atoms with Crippen molar-refractivity contribution in [1.82, 2.24) is 5.43 Å². The van der Waals surface area contributed by atoms with E-state index in [1.54, 1.807) is 0 Å². The summed E-state index contributed by atoms with van der Waals surface area (Å²) in [7, 11) is 0. The third-order valence-corrected chi connectivity index (χ3v) is 4.37. The van der Waals surface area contributed by atoms with Crippen LogP contribution < -0.4 is 11.2 Å². The smallest absolute Gasteiger partial charge is 0.184 e. The summed E-state index contributed by atoms with van der Waals surface area (Å²) in [5.41, 5.74) is 10.7. The molecule has 0 saturated carbocycles. The number of hydrazone groups is 1. The first kappa shape index (κ1) is 17.7. The van der Waals surface area contributed by atoms with Gasteiger partial charge in [0.2, 0.25) is 0 Å². The average molecular weight is 420 g/mol. The molecule has 0 radical (unpaired) electrons. The maximum atomic E-state index is 6.09. The van der Waals surface area contributed by atoms with Crippen molar-refractivity contribution in [1.29, 1.82) is 0 Å². The Labute approximate surface area is 159 Å². The van der Waals surface area contributed by atoms with Gasteiger partial charge in [0.15, 0.2) is 5.11 Å². The molecular formula is C18H18BrN3O2S. The number of halogens is 1. The summed E-state index contributed by atoms with van der Waals surface area (Å²) in [6.45, 7) is 3.85. The van der Waals surface area contributed by atoms with E-state index in [2.05, 4.69) is 26.5 Å². The Balaban J connectivity index is 1.97. The van der Waals surface area contributed by atoms with Gasteiger partial charge in [-0.3, -0.25) is 5.43 Å². The van der Waals surface area contributed by atoms with E-state index < -0.39 is 0 Å². The number of aryl methyl sites for hydroxylation is 2. The molecule has 0 unspecified atom stereocenters. The number of rotatable bonds is 5. The minimum atomic E-state index is 0.152. The quantitative estimate of drug-likeness (QED) is 0.349. The summed E-state index contributed by atoms with van der Waals surface area (Å²) in [6, 6.07) is 9.89. The molecule has 0 saturated heterocycles. The highest BCUT2D eigenvalue weighted by molar-refractivity contribution is 9.10. The maximum Gasteiger partial charge on any atom is 0.184 e. The fourth-order valence-electron chi connectivity index (χ4n) is 2.64. The fraction of sp³-hybridized carbons (Fsp3) is 0.222. The van der Waals surface area contributed by atoms with E-state index in [-0.39, 0.29) is 5.11 Å². The van der Waals surface area contributed by atoms with E-state index in [0.29, 0.717) is 12.8 Å². The van der Waals surface area contributed by atoms with Crippen molar-refractivity contribution in [2.24, 2.45) is 10.8 Å². The van der Waals surface area contributed by atoms with Crippen LogP contribution in [-0.4, -0.2) is 10.8 Å². The van der Waals surface area contributed by atoms with E-state index in [9.17, 15) is 0 Å². The van der Waals surface area contributed by atoms with Crippen LogP contribution in [-0.2, 0) is 6.42 Å². The Kier molecular flexibility index (Phi) is 5.24. The molecule has 0 bridgehead atoms. The van der Waals surface area contributed by atoms with Crippen molar-refractivity contribution < 1.29 is 8.83 Å². The highest BCUT2D eigenvalue weighted by Crippen LogP contribution is 2.37. The van der Waals surface area contributed by atoms with Crippen molar-refractivity contribution in [2.45, 2.75) is 26.7 Å². The van der Waals surface area contributed by atoms with Crippen LogP contribution in [0.5, 0.6) is 0 Å².